The van der Waals surface area contributed by atoms with Gasteiger partial charge in [0.2, 0.25) is 0 Å². The van der Waals surface area contributed by atoms with E-state index in [9.17, 15) is 10.1 Å². The Balaban J connectivity index is 2.05. The highest BCUT2D eigenvalue weighted by molar-refractivity contribution is 5.80. The van der Waals surface area contributed by atoms with Crippen LogP contribution in [0.4, 0.5) is 5.69 Å². The minimum Gasteiger partial charge on any atom is -0.338 e. The Bertz CT molecular complexity index is 844. The predicted molar refractivity (Wildman–Crippen MR) is 72.9 cm³/mol. The fourth-order valence-electron chi connectivity index (χ4n) is 1.95. The number of nitro benzene ring substituents is 1. The van der Waals surface area contributed by atoms with Crippen molar-refractivity contribution in [2.45, 2.75) is 0 Å². The molecule has 0 aliphatic rings. The number of benzene rings is 2. The standard InChI is InChI=1S/C14H8N4O2/c15-8-9-1-6-12-13(7-9)17-14(16-12)10-2-4-11(5-3-10)18(19)20/h1-7H,(H,16,17). The third-order valence-electron chi connectivity index (χ3n) is 2.96. The van der Waals surface area contributed by atoms with E-state index in [0.717, 1.165) is 11.1 Å². The Kier molecular flexibility index (Phi) is 2.66. The second kappa shape index (κ2) is 4.48. The van der Waals surface area contributed by atoms with Gasteiger partial charge in [0.05, 0.1) is 27.6 Å². The number of nitrogens with one attached hydrogen (secondary N) is 1. The first-order valence-electron chi connectivity index (χ1n) is 5.82. The molecule has 3 aromatic rings. The van der Waals surface area contributed by atoms with E-state index in [1.807, 2.05) is 0 Å². The van der Waals surface area contributed by atoms with E-state index in [-0.39, 0.29) is 5.69 Å². The Hall–Kier alpha value is -3.20. The number of rotatable bonds is 2. The Morgan fingerprint density at radius 1 is 1.20 bits per heavy atom. The van der Waals surface area contributed by atoms with Gasteiger partial charge in [-0.15, -0.1) is 0 Å². The fourth-order valence-corrected chi connectivity index (χ4v) is 1.95. The molecular formula is C14H8N4O2. The van der Waals surface area contributed by atoms with Crippen LogP contribution in [0, 0.1) is 21.4 Å². The smallest absolute Gasteiger partial charge is 0.269 e. The van der Waals surface area contributed by atoms with Crippen molar-refractivity contribution in [2.24, 2.45) is 0 Å². The Morgan fingerprint density at radius 3 is 2.60 bits per heavy atom. The zero-order valence-electron chi connectivity index (χ0n) is 10.2. The molecule has 2 aromatic carbocycles. The summed E-state index contributed by atoms with van der Waals surface area (Å²) in [7, 11) is 0. The summed E-state index contributed by atoms with van der Waals surface area (Å²) in [6.07, 6.45) is 0. The average molecular weight is 264 g/mol. The molecule has 3 rings (SSSR count). The van der Waals surface area contributed by atoms with E-state index in [4.69, 9.17) is 5.26 Å². The summed E-state index contributed by atoms with van der Waals surface area (Å²) < 4.78 is 0. The molecule has 20 heavy (non-hydrogen) atoms. The normalized spacial score (nSPS) is 10.3. The lowest BCUT2D eigenvalue weighted by Crippen LogP contribution is -1.87. The van der Waals surface area contributed by atoms with Crippen LogP contribution in [0.25, 0.3) is 22.4 Å². The van der Waals surface area contributed by atoms with Crippen LogP contribution in [-0.4, -0.2) is 14.9 Å². The third kappa shape index (κ3) is 1.97. The summed E-state index contributed by atoms with van der Waals surface area (Å²) in [5, 5.41) is 19.5. The van der Waals surface area contributed by atoms with Crippen molar-refractivity contribution in [3.63, 3.8) is 0 Å². The molecule has 0 fully saturated rings. The maximum atomic E-state index is 10.6. The molecule has 0 saturated heterocycles. The van der Waals surface area contributed by atoms with Gasteiger partial charge in [0, 0.05) is 17.7 Å². The van der Waals surface area contributed by atoms with Crippen LogP contribution in [0.5, 0.6) is 0 Å². The van der Waals surface area contributed by atoms with Crippen LogP contribution in [0.3, 0.4) is 0 Å². The number of hydrogen-bond acceptors (Lipinski definition) is 4. The van der Waals surface area contributed by atoms with Crippen LogP contribution in [0.1, 0.15) is 5.56 Å². The molecule has 0 unspecified atom stereocenters. The molecule has 6 nitrogen and oxygen atoms in total. The number of nitro groups is 1. The summed E-state index contributed by atoms with van der Waals surface area (Å²) in [5.41, 5.74) is 2.84. The van der Waals surface area contributed by atoms with Crippen LogP contribution >= 0.6 is 0 Å². The second-order valence-electron chi connectivity index (χ2n) is 4.23. The molecule has 1 aromatic heterocycles. The molecule has 0 aliphatic carbocycles. The number of nitrogens with zero attached hydrogens (tertiary/aromatic N) is 3. The molecule has 96 valence electrons. The Morgan fingerprint density at radius 2 is 1.95 bits per heavy atom. The number of non-ortho nitro benzene ring substituents is 1. The van der Waals surface area contributed by atoms with Crippen LogP contribution in [0.2, 0.25) is 0 Å². The van der Waals surface area contributed by atoms with Crippen LogP contribution < -0.4 is 0 Å². The highest BCUT2D eigenvalue weighted by Crippen LogP contribution is 2.23. The van der Waals surface area contributed by atoms with Gasteiger partial charge < -0.3 is 4.98 Å². The minimum absolute atomic E-state index is 0.0385. The number of imidazole rings is 1. The molecule has 0 atom stereocenters. The van der Waals surface area contributed by atoms with Gasteiger partial charge in [-0.3, -0.25) is 10.1 Å². The average Bonchev–Trinajstić information content (AvgIpc) is 2.90. The fraction of sp³-hybridized carbons (Fsp3) is 0. The molecule has 0 saturated carbocycles. The molecule has 1 heterocycles. The highest BCUT2D eigenvalue weighted by Gasteiger charge is 2.09. The van der Waals surface area contributed by atoms with Crippen molar-refractivity contribution >= 4 is 16.7 Å². The van der Waals surface area contributed by atoms with E-state index in [0.29, 0.717) is 16.9 Å². The number of hydrogen-bond donors (Lipinski definition) is 1. The summed E-state index contributed by atoms with van der Waals surface area (Å²) >= 11 is 0. The van der Waals surface area contributed by atoms with Crippen molar-refractivity contribution < 1.29 is 4.92 Å². The first-order chi connectivity index (χ1) is 9.67. The molecule has 0 radical (unpaired) electrons. The maximum absolute atomic E-state index is 10.6. The summed E-state index contributed by atoms with van der Waals surface area (Å²) in [6, 6.07) is 13.4. The zero-order chi connectivity index (χ0) is 14.1. The lowest BCUT2D eigenvalue weighted by Gasteiger charge is -1.95. The van der Waals surface area contributed by atoms with Gasteiger partial charge in [0.25, 0.3) is 5.69 Å². The summed E-state index contributed by atoms with van der Waals surface area (Å²) in [6.45, 7) is 0. The number of nitriles is 1. The minimum atomic E-state index is -0.443. The SMILES string of the molecule is N#Cc1ccc2[nH]c(-c3ccc([N+](=O)[O-])cc3)nc2c1. The molecular weight excluding hydrogens is 256 g/mol. The van der Waals surface area contributed by atoms with Gasteiger partial charge in [-0.1, -0.05) is 0 Å². The lowest BCUT2D eigenvalue weighted by molar-refractivity contribution is -0.384. The van der Waals surface area contributed by atoms with Gasteiger partial charge in [0.15, 0.2) is 0 Å². The van der Waals surface area contributed by atoms with Gasteiger partial charge in [-0.2, -0.15) is 5.26 Å². The molecule has 0 aliphatic heterocycles. The molecule has 0 bridgehead atoms. The molecule has 0 spiro atoms. The van der Waals surface area contributed by atoms with Crippen molar-refractivity contribution in [3.8, 4) is 17.5 Å². The quantitative estimate of drug-likeness (QED) is 0.568. The van der Waals surface area contributed by atoms with Crippen LogP contribution in [0.15, 0.2) is 42.5 Å². The third-order valence-corrected chi connectivity index (χ3v) is 2.96. The maximum Gasteiger partial charge on any atom is 0.269 e. The van der Waals surface area contributed by atoms with Gasteiger partial charge in [-0.25, -0.2) is 4.98 Å². The lowest BCUT2D eigenvalue weighted by atomic mass is 10.2. The topological polar surface area (TPSA) is 95.6 Å². The van der Waals surface area contributed by atoms with Gasteiger partial charge >= 0.3 is 0 Å². The predicted octanol–water partition coefficient (Wildman–Crippen LogP) is 3.01. The molecule has 6 heteroatoms. The van der Waals surface area contributed by atoms with Gasteiger partial charge in [0.1, 0.15) is 5.82 Å². The molecule has 1 N–H and O–H groups in total. The first-order valence-corrected chi connectivity index (χ1v) is 5.82. The van der Waals surface area contributed by atoms with Crippen LogP contribution in [-0.2, 0) is 0 Å². The second-order valence-corrected chi connectivity index (χ2v) is 4.23. The zero-order valence-corrected chi connectivity index (χ0v) is 10.2. The summed E-state index contributed by atoms with van der Waals surface area (Å²) in [4.78, 5) is 17.7. The Labute approximate surface area is 113 Å². The van der Waals surface area contributed by atoms with Crippen molar-refractivity contribution in [1.82, 2.24) is 9.97 Å². The summed E-state index contributed by atoms with van der Waals surface area (Å²) in [5.74, 6) is 0.616. The monoisotopic (exact) mass is 264 g/mol. The molecule has 0 amide bonds. The highest BCUT2D eigenvalue weighted by atomic mass is 16.6. The van der Waals surface area contributed by atoms with E-state index in [1.165, 1.54) is 12.1 Å². The van der Waals surface area contributed by atoms with E-state index in [1.54, 1.807) is 30.3 Å². The van der Waals surface area contributed by atoms with Crippen molar-refractivity contribution in [3.05, 3.63) is 58.1 Å². The number of H-pyrrole nitrogens is 1. The number of fused-ring (bicyclic) bond motifs is 1. The van der Waals surface area contributed by atoms with Crippen molar-refractivity contribution in [2.75, 3.05) is 0 Å². The van der Waals surface area contributed by atoms with Crippen molar-refractivity contribution in [1.29, 1.82) is 5.26 Å². The first kappa shape index (κ1) is 11.9. The largest absolute Gasteiger partial charge is 0.338 e. The van der Waals surface area contributed by atoms with Gasteiger partial charge in [-0.05, 0) is 30.3 Å². The number of aromatic amines is 1. The van der Waals surface area contributed by atoms with E-state index >= 15 is 0 Å². The van der Waals surface area contributed by atoms with E-state index < -0.39 is 4.92 Å². The number of aromatic nitrogens is 2. The van der Waals surface area contributed by atoms with E-state index in [2.05, 4.69) is 16.0 Å².